The molecule has 0 saturated carbocycles. The molecule has 0 radical (unpaired) electrons. The maximum absolute atomic E-state index is 14.4. The Balaban J connectivity index is 1.75. The first-order valence-corrected chi connectivity index (χ1v) is 15.3. The minimum Gasteiger partial charge on any atom is -0.453 e. The number of amidine groups is 1. The predicted molar refractivity (Wildman–Crippen MR) is 157 cm³/mol. The Bertz CT molecular complexity index is 1050. The number of carbonyl (C=O) groups is 3. The quantitative estimate of drug-likeness (QED) is 0.122. The topological polar surface area (TPSA) is 182 Å². The van der Waals surface area contributed by atoms with E-state index in [2.05, 4.69) is 21.9 Å². The molecule has 13 heteroatoms. The van der Waals surface area contributed by atoms with Gasteiger partial charge < -0.3 is 26.0 Å². The number of hydrogen-bond acceptors (Lipinski definition) is 11. The second-order valence-electron chi connectivity index (χ2n) is 11.7. The number of fused-ring (bicyclic) bond motifs is 1. The molecule has 0 spiro atoms. The number of ether oxygens (including phenoxy) is 2. The van der Waals surface area contributed by atoms with Gasteiger partial charge >= 0.3 is 5.97 Å². The molecule has 1 saturated heterocycles. The van der Waals surface area contributed by atoms with Crippen molar-refractivity contribution in [3.8, 4) is 0 Å². The van der Waals surface area contributed by atoms with Crippen LogP contribution in [0.3, 0.4) is 0 Å². The van der Waals surface area contributed by atoms with Crippen molar-refractivity contribution in [3.63, 3.8) is 0 Å². The molecule has 3 rings (SSSR count). The maximum atomic E-state index is 14.4. The van der Waals surface area contributed by atoms with Crippen LogP contribution in [0.25, 0.3) is 0 Å². The summed E-state index contributed by atoms with van der Waals surface area (Å²) in [6.45, 7) is 5.16. The number of Topliss-reactive ketones (excluding diaryl/α,β-unsaturated/α-hetero) is 1. The third kappa shape index (κ3) is 7.78. The molecule has 6 atom stereocenters. The molecule has 42 heavy (non-hydrogen) atoms. The fourth-order valence-corrected chi connectivity index (χ4v) is 5.35. The summed E-state index contributed by atoms with van der Waals surface area (Å²) < 4.78 is 25.6. The predicted octanol–water partition coefficient (Wildman–Crippen LogP) is 2.54. The molecule has 3 heterocycles. The number of hydrogen-bond donors (Lipinski definition) is 3. The number of nitrogens with two attached hydrogens (primary N) is 2. The van der Waals surface area contributed by atoms with E-state index in [0.717, 1.165) is 25.7 Å². The Morgan fingerprint density at radius 3 is 2.33 bits per heavy atom. The molecule has 1 amide bonds. The van der Waals surface area contributed by atoms with Gasteiger partial charge in [-0.15, -0.1) is 0 Å². The number of aliphatic hydroxyl groups excluding tert-OH is 1. The first kappa shape index (κ1) is 33.7. The molecule has 5 N–H and O–H groups in total. The highest BCUT2D eigenvalue weighted by atomic mass is 19.1. The lowest BCUT2D eigenvalue weighted by Gasteiger charge is -2.32. The molecule has 12 nitrogen and oxygen atoms in total. The van der Waals surface area contributed by atoms with Gasteiger partial charge in [-0.1, -0.05) is 78.6 Å². The third-order valence-electron chi connectivity index (χ3n) is 8.06. The van der Waals surface area contributed by atoms with Crippen LogP contribution in [0.15, 0.2) is 15.0 Å². The van der Waals surface area contributed by atoms with Crippen molar-refractivity contribution in [1.29, 1.82) is 0 Å². The van der Waals surface area contributed by atoms with E-state index in [1.54, 1.807) is 13.8 Å². The van der Waals surface area contributed by atoms with Crippen LogP contribution in [0.4, 0.5) is 4.39 Å². The van der Waals surface area contributed by atoms with E-state index in [0.29, 0.717) is 6.42 Å². The summed E-state index contributed by atoms with van der Waals surface area (Å²) >= 11 is 0. The molecular formula is C29H47FN6O6. The number of aliphatic hydroxyl groups is 1. The summed E-state index contributed by atoms with van der Waals surface area (Å²) in [7, 11) is 0. The Labute approximate surface area is 247 Å². The molecule has 3 aliphatic heterocycles. The normalized spacial score (nSPS) is 26.7. The molecule has 3 aliphatic rings. The molecular weight excluding hydrogens is 547 g/mol. The van der Waals surface area contributed by atoms with Gasteiger partial charge in [0, 0.05) is 6.42 Å². The lowest BCUT2D eigenvalue weighted by Crippen LogP contribution is -2.60. The van der Waals surface area contributed by atoms with E-state index in [1.807, 2.05) is 0 Å². The van der Waals surface area contributed by atoms with E-state index in [-0.39, 0.29) is 24.6 Å². The van der Waals surface area contributed by atoms with Crippen molar-refractivity contribution in [1.82, 2.24) is 4.90 Å². The first-order valence-electron chi connectivity index (χ1n) is 15.3. The number of alkyl halides is 1. The van der Waals surface area contributed by atoms with Gasteiger partial charge in [0.2, 0.25) is 11.7 Å². The van der Waals surface area contributed by atoms with E-state index < -0.39 is 66.4 Å². The number of esters is 1. The van der Waals surface area contributed by atoms with Crippen LogP contribution in [0.1, 0.15) is 97.8 Å². The average molecular weight is 595 g/mol. The summed E-state index contributed by atoms with van der Waals surface area (Å²) in [4.78, 5) is 53.7. The number of halogens is 1. The second-order valence-corrected chi connectivity index (χ2v) is 11.7. The van der Waals surface area contributed by atoms with Gasteiger partial charge in [0.05, 0.1) is 12.9 Å². The van der Waals surface area contributed by atoms with Crippen LogP contribution in [0, 0.1) is 5.92 Å². The lowest BCUT2D eigenvalue weighted by atomic mass is 9.86. The van der Waals surface area contributed by atoms with Crippen molar-refractivity contribution in [2.75, 3.05) is 6.61 Å². The SMILES string of the molecule is CCCCCCCCCCCCC(OC(=O)[C@@H](N)C(C)C)C(=O)C12N=CN([C@H]3CC(F)[C@@H](CO)O3)C1=NC(N)=NC2=O. The highest BCUT2D eigenvalue weighted by molar-refractivity contribution is 6.38. The Morgan fingerprint density at radius 2 is 1.76 bits per heavy atom. The third-order valence-corrected chi connectivity index (χ3v) is 8.06. The summed E-state index contributed by atoms with van der Waals surface area (Å²) in [5.74, 6) is -3.41. The molecule has 0 aromatic rings. The highest BCUT2D eigenvalue weighted by Crippen LogP contribution is 2.35. The molecule has 236 valence electrons. The molecule has 1 fully saturated rings. The largest absolute Gasteiger partial charge is 0.453 e. The Kier molecular flexibility index (Phi) is 12.6. The fraction of sp³-hybridized carbons (Fsp3) is 0.793. The van der Waals surface area contributed by atoms with Crippen LogP contribution >= 0.6 is 0 Å². The van der Waals surface area contributed by atoms with Gasteiger partial charge in [-0.2, -0.15) is 9.98 Å². The number of guanidine groups is 1. The van der Waals surface area contributed by atoms with E-state index in [1.165, 1.54) is 43.3 Å². The van der Waals surface area contributed by atoms with Crippen molar-refractivity contribution in [2.24, 2.45) is 32.4 Å². The van der Waals surface area contributed by atoms with Crippen LogP contribution in [0.2, 0.25) is 0 Å². The van der Waals surface area contributed by atoms with Gasteiger partial charge in [0.25, 0.3) is 11.4 Å². The van der Waals surface area contributed by atoms with Crippen molar-refractivity contribution in [3.05, 3.63) is 0 Å². The van der Waals surface area contributed by atoms with Crippen LogP contribution in [0.5, 0.6) is 0 Å². The molecule has 0 aliphatic carbocycles. The first-order chi connectivity index (χ1) is 20.1. The summed E-state index contributed by atoms with van der Waals surface area (Å²) in [6, 6.07) is -0.971. The zero-order valence-corrected chi connectivity index (χ0v) is 25.0. The van der Waals surface area contributed by atoms with Crippen molar-refractivity contribution < 1.29 is 33.4 Å². The molecule has 0 aromatic carbocycles. The summed E-state index contributed by atoms with van der Waals surface area (Å²) in [6.07, 6.45) is 6.99. The monoisotopic (exact) mass is 594 g/mol. The van der Waals surface area contributed by atoms with Gasteiger partial charge in [-0.25, -0.2) is 9.38 Å². The molecule has 0 bridgehead atoms. The zero-order chi connectivity index (χ0) is 30.9. The smallest absolute Gasteiger partial charge is 0.323 e. The number of nitrogens with zero attached hydrogens (tertiary/aromatic N) is 4. The van der Waals surface area contributed by atoms with Crippen LogP contribution < -0.4 is 11.5 Å². The van der Waals surface area contributed by atoms with E-state index in [4.69, 9.17) is 20.9 Å². The second kappa shape index (κ2) is 15.6. The highest BCUT2D eigenvalue weighted by Gasteiger charge is 2.61. The number of ketones is 1. The zero-order valence-electron chi connectivity index (χ0n) is 25.0. The summed E-state index contributed by atoms with van der Waals surface area (Å²) in [5.41, 5.74) is 9.52. The van der Waals surface area contributed by atoms with Gasteiger partial charge in [-0.3, -0.25) is 19.3 Å². The van der Waals surface area contributed by atoms with Crippen LogP contribution in [-0.4, -0.2) is 88.6 Å². The van der Waals surface area contributed by atoms with Crippen LogP contribution in [-0.2, 0) is 23.9 Å². The average Bonchev–Trinajstić information content (AvgIpc) is 3.53. The maximum Gasteiger partial charge on any atom is 0.323 e. The number of unbranched alkanes of at least 4 members (excludes halogenated alkanes) is 9. The number of amides is 1. The van der Waals surface area contributed by atoms with Gasteiger partial charge in [0.1, 0.15) is 24.5 Å². The number of carbonyl (C=O) groups excluding carboxylic acids is 3. The molecule has 0 aromatic heterocycles. The van der Waals surface area contributed by atoms with Gasteiger partial charge in [-0.05, 0) is 18.8 Å². The minimum atomic E-state index is -2.26. The van der Waals surface area contributed by atoms with Crippen molar-refractivity contribution >= 4 is 35.8 Å². The Morgan fingerprint density at radius 1 is 1.14 bits per heavy atom. The lowest BCUT2D eigenvalue weighted by molar-refractivity contribution is -0.159. The fourth-order valence-electron chi connectivity index (χ4n) is 5.35. The van der Waals surface area contributed by atoms with E-state index in [9.17, 15) is 23.9 Å². The molecule has 3 unspecified atom stereocenters. The standard InChI is InChI=1S/C29H47FN6O6/c1-4-5-6-7-8-9-10-11-12-13-14-20(42-25(39)23(31)18(2)3)24(38)29-26(34-28(32)35-27(29)40)36(17-33-29)22-15-19(30)21(16-37)41-22/h17-23,37H,4-16,31H2,1-3H3,(H2,32,35,40)/t19?,20?,21-,22-,23+,29?/m1/s1. The number of rotatable bonds is 18. The van der Waals surface area contributed by atoms with Gasteiger partial charge in [0.15, 0.2) is 11.9 Å². The minimum absolute atomic E-state index is 0.155. The Hall–Kier alpha value is -2.77. The van der Waals surface area contributed by atoms with E-state index >= 15 is 0 Å². The number of aliphatic imine (C=N–C) groups is 3. The van der Waals surface area contributed by atoms with Crippen molar-refractivity contribution in [2.45, 2.75) is 134 Å². The summed E-state index contributed by atoms with van der Waals surface area (Å²) in [5, 5.41) is 9.43.